The van der Waals surface area contributed by atoms with E-state index < -0.39 is 0 Å². The number of halogens is 1. The standard InChI is InChI=1S/C18H32N6.HI/c1-4-9-20-18(19-5-2)22-15-16-7-8-17(21-14-16)24-12-10-23(6-3)11-13-24;/h7-8,14H,4-6,9-13,15H2,1-3H3,(H2,19,20,22);1H. The van der Waals surface area contributed by atoms with E-state index in [1.807, 2.05) is 6.20 Å². The van der Waals surface area contributed by atoms with E-state index in [4.69, 9.17) is 0 Å². The molecule has 0 aromatic carbocycles. The van der Waals surface area contributed by atoms with Gasteiger partial charge in [0.05, 0.1) is 6.54 Å². The summed E-state index contributed by atoms with van der Waals surface area (Å²) in [6.07, 6.45) is 3.04. The van der Waals surface area contributed by atoms with Crippen molar-refractivity contribution in [3.8, 4) is 0 Å². The van der Waals surface area contributed by atoms with E-state index in [0.29, 0.717) is 6.54 Å². The predicted octanol–water partition coefficient (Wildman–Crippen LogP) is 2.31. The molecule has 2 N–H and O–H groups in total. The van der Waals surface area contributed by atoms with E-state index >= 15 is 0 Å². The fourth-order valence-electron chi connectivity index (χ4n) is 2.75. The highest BCUT2D eigenvalue weighted by Crippen LogP contribution is 2.14. The monoisotopic (exact) mass is 460 g/mol. The quantitative estimate of drug-likeness (QED) is 0.372. The molecule has 0 saturated carbocycles. The minimum Gasteiger partial charge on any atom is -0.357 e. The van der Waals surface area contributed by atoms with Gasteiger partial charge < -0.3 is 20.4 Å². The Morgan fingerprint density at radius 3 is 2.44 bits per heavy atom. The zero-order valence-electron chi connectivity index (χ0n) is 15.8. The number of rotatable bonds is 7. The van der Waals surface area contributed by atoms with Crippen LogP contribution < -0.4 is 15.5 Å². The first-order chi connectivity index (χ1) is 11.8. The van der Waals surface area contributed by atoms with Crippen LogP contribution in [0, 0.1) is 0 Å². The maximum absolute atomic E-state index is 4.64. The minimum absolute atomic E-state index is 0. The second-order valence-electron chi connectivity index (χ2n) is 6.07. The van der Waals surface area contributed by atoms with Crippen molar-refractivity contribution in [2.45, 2.75) is 33.7 Å². The van der Waals surface area contributed by atoms with Crippen molar-refractivity contribution < 1.29 is 0 Å². The average molecular weight is 460 g/mol. The Balaban J connectivity index is 0.00000312. The third-order valence-corrected chi connectivity index (χ3v) is 4.26. The maximum atomic E-state index is 4.64. The Kier molecular flexibility index (Phi) is 10.8. The van der Waals surface area contributed by atoms with Crippen molar-refractivity contribution in [1.29, 1.82) is 0 Å². The van der Waals surface area contributed by atoms with Crippen molar-refractivity contribution in [2.24, 2.45) is 4.99 Å². The Morgan fingerprint density at radius 2 is 1.88 bits per heavy atom. The van der Waals surface area contributed by atoms with Gasteiger partial charge in [-0.3, -0.25) is 0 Å². The number of hydrogen-bond donors (Lipinski definition) is 2. The number of likely N-dealkylation sites (N-methyl/N-ethyl adjacent to an activating group) is 1. The van der Waals surface area contributed by atoms with Gasteiger partial charge >= 0.3 is 0 Å². The molecule has 7 heteroatoms. The Bertz CT molecular complexity index is 497. The van der Waals surface area contributed by atoms with Crippen molar-refractivity contribution in [2.75, 3.05) is 50.7 Å². The zero-order valence-corrected chi connectivity index (χ0v) is 18.1. The summed E-state index contributed by atoms with van der Waals surface area (Å²) in [6.45, 7) is 14.4. The van der Waals surface area contributed by atoms with Crippen LogP contribution in [0.4, 0.5) is 5.82 Å². The van der Waals surface area contributed by atoms with Gasteiger partial charge in [-0.25, -0.2) is 9.98 Å². The topological polar surface area (TPSA) is 55.8 Å². The number of guanidine groups is 1. The van der Waals surface area contributed by atoms with Crippen molar-refractivity contribution in [1.82, 2.24) is 20.5 Å². The highest BCUT2D eigenvalue weighted by Gasteiger charge is 2.16. The molecule has 6 nitrogen and oxygen atoms in total. The molecule has 142 valence electrons. The normalized spacial score (nSPS) is 15.6. The van der Waals surface area contributed by atoms with Gasteiger partial charge in [0.15, 0.2) is 5.96 Å². The van der Waals surface area contributed by atoms with Gasteiger partial charge in [-0.05, 0) is 31.5 Å². The summed E-state index contributed by atoms with van der Waals surface area (Å²) in [5.41, 5.74) is 1.14. The molecule has 0 amide bonds. The number of pyridine rings is 1. The molecule has 0 spiro atoms. The third-order valence-electron chi connectivity index (χ3n) is 4.26. The summed E-state index contributed by atoms with van der Waals surface area (Å²) in [4.78, 5) is 14.1. The van der Waals surface area contributed by atoms with Crippen LogP contribution in [-0.4, -0.2) is 61.7 Å². The molecule has 2 heterocycles. The van der Waals surface area contributed by atoms with Gasteiger partial charge in [0.25, 0.3) is 0 Å². The SMILES string of the molecule is CCCNC(=NCc1ccc(N2CCN(CC)CC2)nc1)NCC.I. The van der Waals surface area contributed by atoms with E-state index in [1.54, 1.807) is 0 Å². The Labute approximate surface area is 169 Å². The summed E-state index contributed by atoms with van der Waals surface area (Å²) >= 11 is 0. The van der Waals surface area contributed by atoms with E-state index in [0.717, 1.165) is 69.6 Å². The molecule has 0 radical (unpaired) electrons. The second-order valence-corrected chi connectivity index (χ2v) is 6.07. The van der Waals surface area contributed by atoms with Crippen LogP contribution in [0.5, 0.6) is 0 Å². The fraction of sp³-hybridized carbons (Fsp3) is 0.667. The molecule has 2 rings (SSSR count). The molecule has 1 aromatic heterocycles. The molecule has 1 saturated heterocycles. The third kappa shape index (κ3) is 7.35. The molecular weight excluding hydrogens is 427 g/mol. The summed E-state index contributed by atoms with van der Waals surface area (Å²) in [5, 5.41) is 6.58. The summed E-state index contributed by atoms with van der Waals surface area (Å²) in [7, 11) is 0. The number of anilines is 1. The number of aromatic nitrogens is 1. The number of piperazine rings is 1. The van der Waals surface area contributed by atoms with Crippen LogP contribution in [0.25, 0.3) is 0 Å². The minimum atomic E-state index is 0. The smallest absolute Gasteiger partial charge is 0.191 e. The molecular formula is C18H33IN6. The van der Waals surface area contributed by atoms with Crippen LogP contribution in [-0.2, 0) is 6.54 Å². The van der Waals surface area contributed by atoms with Crippen molar-refractivity contribution in [3.05, 3.63) is 23.9 Å². The largest absolute Gasteiger partial charge is 0.357 e. The summed E-state index contributed by atoms with van der Waals surface area (Å²) in [5.74, 6) is 1.95. The number of aliphatic imine (C=N–C) groups is 1. The molecule has 1 fully saturated rings. The Morgan fingerprint density at radius 1 is 1.12 bits per heavy atom. The number of nitrogens with one attached hydrogen (secondary N) is 2. The maximum Gasteiger partial charge on any atom is 0.191 e. The summed E-state index contributed by atoms with van der Waals surface area (Å²) < 4.78 is 0. The first kappa shape index (κ1) is 22.0. The van der Waals surface area contributed by atoms with Crippen LogP contribution in [0.15, 0.2) is 23.3 Å². The molecule has 1 aliphatic heterocycles. The molecule has 0 atom stereocenters. The van der Waals surface area contributed by atoms with Gasteiger partial charge in [0.2, 0.25) is 0 Å². The first-order valence-corrected chi connectivity index (χ1v) is 9.21. The van der Waals surface area contributed by atoms with E-state index in [1.165, 1.54) is 0 Å². The lowest BCUT2D eigenvalue weighted by molar-refractivity contribution is 0.270. The van der Waals surface area contributed by atoms with Gasteiger partial charge in [-0.1, -0.05) is 19.9 Å². The zero-order chi connectivity index (χ0) is 17.2. The molecule has 1 aliphatic rings. The lowest BCUT2D eigenvalue weighted by atomic mass is 10.2. The first-order valence-electron chi connectivity index (χ1n) is 9.21. The van der Waals surface area contributed by atoms with E-state index in [2.05, 4.69) is 63.3 Å². The highest BCUT2D eigenvalue weighted by atomic mass is 127. The van der Waals surface area contributed by atoms with Crippen LogP contribution >= 0.6 is 24.0 Å². The number of nitrogens with zero attached hydrogens (tertiary/aromatic N) is 4. The van der Waals surface area contributed by atoms with E-state index in [-0.39, 0.29) is 24.0 Å². The fourth-order valence-corrected chi connectivity index (χ4v) is 2.75. The van der Waals surface area contributed by atoms with Gasteiger partial charge in [0.1, 0.15) is 5.82 Å². The van der Waals surface area contributed by atoms with Crippen LogP contribution in [0.2, 0.25) is 0 Å². The molecule has 0 bridgehead atoms. The molecule has 1 aromatic rings. The molecule has 0 unspecified atom stereocenters. The Hall–Kier alpha value is -1.09. The second kappa shape index (κ2) is 12.3. The van der Waals surface area contributed by atoms with Gasteiger partial charge in [0, 0.05) is 45.5 Å². The van der Waals surface area contributed by atoms with Gasteiger partial charge in [-0.2, -0.15) is 0 Å². The predicted molar refractivity (Wildman–Crippen MR) is 117 cm³/mol. The highest BCUT2D eigenvalue weighted by molar-refractivity contribution is 14.0. The van der Waals surface area contributed by atoms with Gasteiger partial charge in [-0.15, -0.1) is 24.0 Å². The van der Waals surface area contributed by atoms with Crippen LogP contribution in [0.3, 0.4) is 0 Å². The van der Waals surface area contributed by atoms with Crippen molar-refractivity contribution >= 4 is 35.8 Å². The molecule has 25 heavy (non-hydrogen) atoms. The van der Waals surface area contributed by atoms with Crippen LogP contribution in [0.1, 0.15) is 32.8 Å². The lowest BCUT2D eigenvalue weighted by Gasteiger charge is -2.34. The summed E-state index contributed by atoms with van der Waals surface area (Å²) in [6, 6.07) is 4.26. The molecule has 0 aliphatic carbocycles. The van der Waals surface area contributed by atoms with Crippen molar-refractivity contribution in [3.63, 3.8) is 0 Å². The number of hydrogen-bond acceptors (Lipinski definition) is 4. The van der Waals surface area contributed by atoms with E-state index in [9.17, 15) is 0 Å². The lowest BCUT2D eigenvalue weighted by Crippen LogP contribution is -2.46. The average Bonchev–Trinajstić information content (AvgIpc) is 2.64.